The molecule has 3 rings (SSSR count). The van der Waals surface area contributed by atoms with Gasteiger partial charge in [-0.3, -0.25) is 4.79 Å². The van der Waals surface area contributed by atoms with Crippen LogP contribution >= 0.6 is 23.2 Å². The maximum Gasteiger partial charge on any atom is 0.314 e. The van der Waals surface area contributed by atoms with Crippen molar-refractivity contribution < 1.29 is 19.0 Å². The average molecular weight is 434 g/mol. The highest BCUT2D eigenvalue weighted by Crippen LogP contribution is 2.74. The standard InChI is InChI=1S/C22H18Cl2FNO3/c1-21(2)19(22(21,20(27)28)11-18(23)24)15(12-26)13-8-9-16(25)17(10-13)29-14-6-4-3-5-7-14/h3-11,15,19H,1-2H3,(H,27,28). The minimum atomic E-state index is -1.40. The molecule has 3 atom stereocenters. The van der Waals surface area contributed by atoms with Crippen molar-refractivity contribution in [1.82, 2.24) is 0 Å². The van der Waals surface area contributed by atoms with Crippen LogP contribution in [0, 0.1) is 33.9 Å². The highest BCUT2D eigenvalue weighted by Gasteiger charge is 2.77. The molecule has 1 N–H and O–H groups in total. The Kier molecular flexibility index (Phi) is 5.62. The number of rotatable bonds is 6. The molecule has 0 bridgehead atoms. The van der Waals surface area contributed by atoms with Crippen LogP contribution < -0.4 is 4.74 Å². The maximum absolute atomic E-state index is 14.3. The Morgan fingerprint density at radius 1 is 1.28 bits per heavy atom. The van der Waals surface area contributed by atoms with E-state index in [1.807, 2.05) is 6.07 Å². The Bertz CT molecular complexity index is 1010. The van der Waals surface area contributed by atoms with Crippen LogP contribution in [0.15, 0.2) is 59.1 Å². The second kappa shape index (κ2) is 7.70. The van der Waals surface area contributed by atoms with Crippen molar-refractivity contribution in [3.8, 4) is 17.6 Å². The molecule has 1 aliphatic rings. The van der Waals surface area contributed by atoms with Crippen molar-refractivity contribution in [3.05, 3.63) is 70.5 Å². The van der Waals surface area contributed by atoms with Gasteiger partial charge in [-0.1, -0.05) is 61.3 Å². The van der Waals surface area contributed by atoms with Crippen molar-refractivity contribution >= 4 is 29.2 Å². The summed E-state index contributed by atoms with van der Waals surface area (Å²) in [5.41, 5.74) is -1.73. The second-order valence-corrected chi connectivity index (χ2v) is 8.53. The van der Waals surface area contributed by atoms with Gasteiger partial charge in [-0.05, 0) is 41.3 Å². The highest BCUT2D eigenvalue weighted by atomic mass is 35.5. The van der Waals surface area contributed by atoms with Gasteiger partial charge in [-0.2, -0.15) is 5.26 Å². The highest BCUT2D eigenvalue weighted by molar-refractivity contribution is 6.56. The molecule has 7 heteroatoms. The van der Waals surface area contributed by atoms with Crippen LogP contribution in [-0.4, -0.2) is 11.1 Å². The molecule has 1 fully saturated rings. The van der Waals surface area contributed by atoms with Crippen molar-refractivity contribution in [2.45, 2.75) is 19.8 Å². The second-order valence-electron chi connectivity index (χ2n) is 7.52. The fraction of sp³-hybridized carbons (Fsp3) is 0.273. The number of aliphatic carboxylic acids is 1. The molecule has 0 aliphatic heterocycles. The molecule has 0 aromatic heterocycles. The monoisotopic (exact) mass is 433 g/mol. The third-order valence-corrected chi connectivity index (χ3v) is 5.92. The molecule has 0 radical (unpaired) electrons. The number of para-hydroxylation sites is 1. The van der Waals surface area contributed by atoms with Gasteiger partial charge in [0, 0.05) is 5.92 Å². The summed E-state index contributed by atoms with van der Waals surface area (Å²) in [5.74, 6) is -2.74. The summed E-state index contributed by atoms with van der Waals surface area (Å²) in [5, 5.41) is 19.7. The van der Waals surface area contributed by atoms with Crippen molar-refractivity contribution in [1.29, 1.82) is 5.26 Å². The number of nitrogens with zero attached hydrogens (tertiary/aromatic N) is 1. The summed E-state index contributed by atoms with van der Waals surface area (Å²) < 4.78 is 19.7. The first-order valence-electron chi connectivity index (χ1n) is 8.84. The van der Waals surface area contributed by atoms with Gasteiger partial charge < -0.3 is 9.84 Å². The molecule has 4 nitrogen and oxygen atoms in total. The van der Waals surface area contributed by atoms with E-state index in [0.717, 1.165) is 0 Å². The van der Waals surface area contributed by atoms with E-state index < -0.39 is 34.5 Å². The molecule has 3 unspecified atom stereocenters. The molecular weight excluding hydrogens is 416 g/mol. The molecule has 0 heterocycles. The van der Waals surface area contributed by atoms with Crippen LogP contribution in [0.4, 0.5) is 4.39 Å². The SMILES string of the molecule is CC1(C)C(C(C#N)c2ccc(F)c(Oc3ccccc3)c2)C1(C=C(Cl)Cl)C(=O)O. The van der Waals surface area contributed by atoms with Crippen LogP contribution in [0.3, 0.4) is 0 Å². The molecule has 29 heavy (non-hydrogen) atoms. The molecule has 1 saturated carbocycles. The largest absolute Gasteiger partial charge is 0.481 e. The van der Waals surface area contributed by atoms with E-state index in [1.165, 1.54) is 24.3 Å². The number of hydrogen-bond acceptors (Lipinski definition) is 3. The van der Waals surface area contributed by atoms with Crippen molar-refractivity contribution in [2.24, 2.45) is 16.7 Å². The zero-order valence-electron chi connectivity index (χ0n) is 15.7. The summed E-state index contributed by atoms with van der Waals surface area (Å²) in [6.07, 6.45) is 1.28. The van der Waals surface area contributed by atoms with Crippen LogP contribution in [0.2, 0.25) is 0 Å². The molecule has 150 valence electrons. The minimum absolute atomic E-state index is 0.0424. The number of carboxylic acids is 1. The quantitative estimate of drug-likeness (QED) is 0.582. The Morgan fingerprint density at radius 2 is 1.93 bits per heavy atom. The Morgan fingerprint density at radius 3 is 2.48 bits per heavy atom. The van der Waals surface area contributed by atoms with Gasteiger partial charge in [0.1, 0.15) is 10.2 Å². The van der Waals surface area contributed by atoms with Crippen LogP contribution in [0.5, 0.6) is 11.5 Å². The van der Waals surface area contributed by atoms with E-state index in [0.29, 0.717) is 11.3 Å². The number of benzene rings is 2. The predicted octanol–water partition coefficient (Wildman–Crippen LogP) is 6.27. The number of carboxylic acid groups (broad SMARTS) is 1. The lowest BCUT2D eigenvalue weighted by atomic mass is 9.89. The summed E-state index contributed by atoms with van der Waals surface area (Å²) in [7, 11) is 0. The average Bonchev–Trinajstić information content (AvgIpc) is 3.14. The molecule has 1 aliphatic carbocycles. The first-order valence-corrected chi connectivity index (χ1v) is 9.60. The number of hydrogen-bond donors (Lipinski definition) is 1. The van der Waals surface area contributed by atoms with Crippen molar-refractivity contribution in [2.75, 3.05) is 0 Å². The van der Waals surface area contributed by atoms with Gasteiger partial charge in [-0.25, -0.2) is 4.39 Å². The van der Waals surface area contributed by atoms with Gasteiger partial charge in [0.05, 0.1) is 17.4 Å². The normalized spacial score (nSPS) is 22.8. The first kappa shape index (κ1) is 21.2. The molecule has 0 amide bonds. The molecular formula is C22H18Cl2FNO3. The van der Waals surface area contributed by atoms with Gasteiger partial charge >= 0.3 is 5.97 Å². The molecule has 2 aromatic carbocycles. The number of ether oxygens (including phenoxy) is 1. The fourth-order valence-electron chi connectivity index (χ4n) is 4.18. The fourth-order valence-corrected chi connectivity index (χ4v) is 4.53. The summed E-state index contributed by atoms with van der Waals surface area (Å²) in [4.78, 5) is 12.1. The zero-order valence-corrected chi connectivity index (χ0v) is 17.2. The number of halogens is 3. The Hall–Kier alpha value is -2.55. The maximum atomic E-state index is 14.3. The van der Waals surface area contributed by atoms with Gasteiger partial charge in [0.25, 0.3) is 0 Å². The zero-order chi connectivity index (χ0) is 21.4. The van der Waals surface area contributed by atoms with E-state index in [9.17, 15) is 19.6 Å². The van der Waals surface area contributed by atoms with Crippen LogP contribution in [-0.2, 0) is 4.79 Å². The first-order chi connectivity index (χ1) is 13.6. The van der Waals surface area contributed by atoms with Crippen molar-refractivity contribution in [3.63, 3.8) is 0 Å². The van der Waals surface area contributed by atoms with E-state index >= 15 is 0 Å². The van der Waals surface area contributed by atoms with E-state index in [2.05, 4.69) is 6.07 Å². The minimum Gasteiger partial charge on any atom is -0.481 e. The lowest BCUT2D eigenvalue weighted by Crippen LogP contribution is -2.20. The number of carbonyl (C=O) groups is 1. The predicted molar refractivity (Wildman–Crippen MR) is 108 cm³/mol. The smallest absolute Gasteiger partial charge is 0.314 e. The van der Waals surface area contributed by atoms with Crippen LogP contribution in [0.25, 0.3) is 0 Å². The molecule has 2 aromatic rings. The summed E-state index contributed by atoms with van der Waals surface area (Å²) in [6, 6.07) is 15.0. The Balaban J connectivity index is 2.01. The van der Waals surface area contributed by atoms with Gasteiger partial charge in [0.2, 0.25) is 0 Å². The lowest BCUT2D eigenvalue weighted by Gasteiger charge is -2.14. The third kappa shape index (κ3) is 3.59. The third-order valence-electron chi connectivity index (χ3n) is 5.70. The molecule has 0 saturated heterocycles. The van der Waals surface area contributed by atoms with Gasteiger partial charge in [0.15, 0.2) is 11.6 Å². The number of nitriles is 1. The Labute approximate surface area is 178 Å². The van der Waals surface area contributed by atoms with E-state index in [-0.39, 0.29) is 10.2 Å². The summed E-state index contributed by atoms with van der Waals surface area (Å²) >= 11 is 11.6. The van der Waals surface area contributed by atoms with Gasteiger partial charge in [-0.15, -0.1) is 0 Å². The molecule has 0 spiro atoms. The van der Waals surface area contributed by atoms with Crippen LogP contribution in [0.1, 0.15) is 25.3 Å². The van der Waals surface area contributed by atoms with E-state index in [4.69, 9.17) is 27.9 Å². The topological polar surface area (TPSA) is 70.3 Å². The van der Waals surface area contributed by atoms with E-state index in [1.54, 1.807) is 38.1 Å². The lowest BCUT2D eigenvalue weighted by molar-refractivity contribution is -0.143. The summed E-state index contributed by atoms with van der Waals surface area (Å²) in [6.45, 7) is 3.49.